The molecule has 0 saturated heterocycles. The molecule has 0 aliphatic carbocycles. The quantitative estimate of drug-likeness (QED) is 0.666. The van der Waals surface area contributed by atoms with Crippen LogP contribution in [-0.2, 0) is 24.4 Å². The smallest absolute Gasteiger partial charge is 0.334 e. The Balaban J connectivity index is 3.39. The lowest BCUT2D eigenvalue weighted by atomic mass is 9.99. The second-order valence-electron chi connectivity index (χ2n) is 4.09. The summed E-state index contributed by atoms with van der Waals surface area (Å²) in [5.41, 5.74) is 1.09. The van der Waals surface area contributed by atoms with Crippen molar-refractivity contribution in [3.63, 3.8) is 0 Å². The summed E-state index contributed by atoms with van der Waals surface area (Å²) in [5, 5.41) is 0. The molecule has 0 bridgehead atoms. The maximum absolute atomic E-state index is 11.8. The zero-order valence-corrected chi connectivity index (χ0v) is 11.3. The van der Waals surface area contributed by atoms with E-state index < -0.39 is 20.8 Å². The van der Waals surface area contributed by atoms with E-state index in [0.29, 0.717) is 0 Å². The van der Waals surface area contributed by atoms with Crippen molar-refractivity contribution in [3.05, 3.63) is 35.4 Å². The van der Waals surface area contributed by atoms with Gasteiger partial charge in [0.2, 0.25) is 4.75 Å². The van der Waals surface area contributed by atoms with E-state index in [2.05, 4.69) is 0 Å². The van der Waals surface area contributed by atoms with Crippen molar-refractivity contribution < 1.29 is 22.5 Å². The average Bonchev–Trinajstić information content (AvgIpc) is 2.27. The van der Waals surface area contributed by atoms with Gasteiger partial charge in [0.25, 0.3) is 10.1 Å². The van der Waals surface area contributed by atoms with Crippen molar-refractivity contribution >= 4 is 16.1 Å². The van der Waals surface area contributed by atoms with Gasteiger partial charge >= 0.3 is 5.97 Å². The number of esters is 1. The molecule has 0 amide bonds. The number of carbonyl (C=O) groups excluding carboxylic acids is 1. The van der Waals surface area contributed by atoms with Crippen molar-refractivity contribution in [1.29, 1.82) is 0 Å². The number of benzene rings is 1. The molecule has 1 N–H and O–H groups in total. The van der Waals surface area contributed by atoms with Crippen LogP contribution in [0.2, 0.25) is 0 Å². The van der Waals surface area contributed by atoms with Crippen molar-refractivity contribution in [2.45, 2.75) is 25.5 Å². The molecule has 0 aliphatic heterocycles. The molecule has 18 heavy (non-hydrogen) atoms. The van der Waals surface area contributed by atoms with Crippen LogP contribution in [0.5, 0.6) is 0 Å². The minimum absolute atomic E-state index is 0.0375. The van der Waals surface area contributed by atoms with Gasteiger partial charge in [-0.3, -0.25) is 4.55 Å². The third-order valence-corrected chi connectivity index (χ3v) is 4.22. The van der Waals surface area contributed by atoms with E-state index in [4.69, 9.17) is 4.74 Å². The zero-order valence-electron chi connectivity index (χ0n) is 10.5. The van der Waals surface area contributed by atoms with Gasteiger partial charge in [0.15, 0.2) is 0 Å². The fourth-order valence-electron chi connectivity index (χ4n) is 1.51. The van der Waals surface area contributed by atoms with Crippen LogP contribution in [-0.4, -0.2) is 25.5 Å². The number of carbonyl (C=O) groups is 1. The third-order valence-electron chi connectivity index (χ3n) is 2.78. The number of rotatable bonds is 4. The topological polar surface area (TPSA) is 80.7 Å². The molecule has 0 fully saturated rings. The number of ether oxygens (including phenoxy) is 1. The molecule has 1 atom stereocenters. The summed E-state index contributed by atoms with van der Waals surface area (Å²) in [7, 11) is -4.63. The Hall–Kier alpha value is -1.40. The zero-order chi connectivity index (χ0) is 14.0. The Kier molecular flexibility index (Phi) is 4.13. The SMILES string of the molecule is CCOC(=O)C(C)(c1ccc(C)cc1)S(=O)(=O)O. The van der Waals surface area contributed by atoms with Gasteiger partial charge in [0.05, 0.1) is 6.61 Å². The molecule has 100 valence electrons. The van der Waals surface area contributed by atoms with Gasteiger partial charge in [-0.2, -0.15) is 8.42 Å². The number of hydrogen-bond donors (Lipinski definition) is 1. The molecule has 0 aromatic heterocycles. The lowest BCUT2D eigenvalue weighted by Crippen LogP contribution is -2.41. The monoisotopic (exact) mass is 272 g/mol. The van der Waals surface area contributed by atoms with Crippen molar-refractivity contribution in [2.75, 3.05) is 6.61 Å². The number of aryl methyl sites for hydroxylation is 1. The van der Waals surface area contributed by atoms with E-state index in [-0.39, 0.29) is 12.2 Å². The Bertz CT molecular complexity index is 532. The molecule has 1 rings (SSSR count). The molecule has 1 aromatic carbocycles. The molecule has 0 saturated carbocycles. The van der Waals surface area contributed by atoms with Crippen molar-refractivity contribution in [2.24, 2.45) is 0 Å². The van der Waals surface area contributed by atoms with Crippen LogP contribution in [0.15, 0.2) is 24.3 Å². The summed E-state index contributed by atoms with van der Waals surface area (Å²) in [4.78, 5) is 11.8. The Morgan fingerprint density at radius 3 is 2.22 bits per heavy atom. The van der Waals surface area contributed by atoms with Gasteiger partial charge in [-0.25, -0.2) is 4.79 Å². The summed E-state index contributed by atoms with van der Waals surface area (Å²) >= 11 is 0. The highest BCUT2D eigenvalue weighted by Gasteiger charge is 2.48. The molecule has 1 aromatic rings. The second kappa shape index (κ2) is 5.07. The predicted octanol–water partition coefficient (Wildman–Crippen LogP) is 1.66. The van der Waals surface area contributed by atoms with E-state index in [9.17, 15) is 17.8 Å². The lowest BCUT2D eigenvalue weighted by Gasteiger charge is -2.24. The molecular formula is C12H16O5S. The van der Waals surface area contributed by atoms with Gasteiger partial charge in [-0.1, -0.05) is 29.8 Å². The van der Waals surface area contributed by atoms with Crippen LogP contribution in [0.3, 0.4) is 0 Å². The number of hydrogen-bond acceptors (Lipinski definition) is 4. The van der Waals surface area contributed by atoms with Crippen LogP contribution in [0.1, 0.15) is 25.0 Å². The minimum atomic E-state index is -4.63. The van der Waals surface area contributed by atoms with Crippen LogP contribution in [0, 0.1) is 6.92 Å². The maximum Gasteiger partial charge on any atom is 0.334 e. The summed E-state index contributed by atoms with van der Waals surface area (Å²) in [6, 6.07) is 6.30. The molecule has 0 spiro atoms. The summed E-state index contributed by atoms with van der Waals surface area (Å²) in [6.07, 6.45) is 0. The first-order valence-electron chi connectivity index (χ1n) is 5.45. The normalized spacial score (nSPS) is 14.9. The van der Waals surface area contributed by atoms with Crippen LogP contribution in [0.4, 0.5) is 0 Å². The Morgan fingerprint density at radius 2 is 1.83 bits per heavy atom. The van der Waals surface area contributed by atoms with Crippen LogP contribution < -0.4 is 0 Å². The minimum Gasteiger partial charge on any atom is -0.464 e. The van der Waals surface area contributed by atoms with Gasteiger partial charge in [-0.05, 0) is 26.3 Å². The Labute approximate surface area is 107 Å². The standard InChI is InChI=1S/C12H16O5S/c1-4-17-11(13)12(3,18(14,15)16)10-7-5-9(2)6-8-10/h5-8H,4H2,1-3H3,(H,14,15,16). The van der Waals surface area contributed by atoms with Crippen molar-refractivity contribution in [1.82, 2.24) is 0 Å². The van der Waals surface area contributed by atoms with E-state index in [1.165, 1.54) is 12.1 Å². The van der Waals surface area contributed by atoms with E-state index in [1.807, 2.05) is 6.92 Å². The fourth-order valence-corrected chi connectivity index (χ4v) is 2.22. The summed E-state index contributed by atoms with van der Waals surface area (Å²) < 4.78 is 35.0. The molecule has 5 nitrogen and oxygen atoms in total. The molecule has 0 heterocycles. The van der Waals surface area contributed by atoms with E-state index >= 15 is 0 Å². The average molecular weight is 272 g/mol. The predicted molar refractivity (Wildman–Crippen MR) is 66.7 cm³/mol. The Morgan fingerprint density at radius 1 is 1.33 bits per heavy atom. The van der Waals surface area contributed by atoms with Crippen LogP contribution >= 0.6 is 0 Å². The molecule has 1 unspecified atom stereocenters. The molecule has 0 radical (unpaired) electrons. The maximum atomic E-state index is 11.8. The van der Waals surface area contributed by atoms with Gasteiger partial charge in [-0.15, -0.1) is 0 Å². The highest BCUT2D eigenvalue weighted by molar-refractivity contribution is 7.87. The largest absolute Gasteiger partial charge is 0.464 e. The summed E-state index contributed by atoms with van der Waals surface area (Å²) in [6.45, 7) is 4.57. The van der Waals surface area contributed by atoms with Gasteiger partial charge < -0.3 is 4.74 Å². The fraction of sp³-hybridized carbons (Fsp3) is 0.417. The second-order valence-corrected chi connectivity index (χ2v) is 5.86. The summed E-state index contributed by atoms with van der Waals surface area (Å²) in [5.74, 6) is -0.989. The molecular weight excluding hydrogens is 256 g/mol. The lowest BCUT2D eigenvalue weighted by molar-refractivity contribution is -0.146. The van der Waals surface area contributed by atoms with E-state index in [0.717, 1.165) is 12.5 Å². The van der Waals surface area contributed by atoms with Gasteiger partial charge in [0, 0.05) is 0 Å². The first-order valence-corrected chi connectivity index (χ1v) is 6.89. The van der Waals surface area contributed by atoms with Crippen LogP contribution in [0.25, 0.3) is 0 Å². The van der Waals surface area contributed by atoms with Crippen molar-refractivity contribution in [3.8, 4) is 0 Å². The third kappa shape index (κ3) is 2.54. The first kappa shape index (κ1) is 14.7. The van der Waals surface area contributed by atoms with E-state index in [1.54, 1.807) is 19.1 Å². The first-order chi connectivity index (χ1) is 8.23. The highest BCUT2D eigenvalue weighted by atomic mass is 32.2. The molecule has 0 aliphatic rings. The molecule has 6 heteroatoms. The van der Waals surface area contributed by atoms with Gasteiger partial charge in [0.1, 0.15) is 0 Å². The highest BCUT2D eigenvalue weighted by Crippen LogP contribution is 2.31.